The average Bonchev–Trinajstić information content (AvgIpc) is 0.763. The van der Waals surface area contributed by atoms with Crippen molar-refractivity contribution in [3.63, 3.8) is 0 Å². The lowest BCUT2D eigenvalue weighted by atomic mass is 9.88. The van der Waals surface area contributed by atoms with Crippen molar-refractivity contribution in [2.45, 2.75) is 254 Å². The van der Waals surface area contributed by atoms with Crippen molar-refractivity contribution in [3.05, 3.63) is 0 Å². The van der Waals surface area contributed by atoms with E-state index in [1.165, 1.54) is 0 Å². The normalized spacial score (nSPS) is 46.0. The number of amides is 4. The maximum atomic E-state index is 13.1. The predicted molar refractivity (Wildman–Crippen MR) is 295 cm³/mol. The van der Waals surface area contributed by atoms with E-state index < -0.39 is 303 Å². The van der Waals surface area contributed by atoms with Crippen LogP contribution in [-0.4, -0.2) is 403 Å². The van der Waals surface area contributed by atoms with Gasteiger partial charge in [0.05, 0.1) is 58.4 Å². The van der Waals surface area contributed by atoms with E-state index in [2.05, 4.69) is 21.3 Å². The first-order valence-corrected chi connectivity index (χ1v) is 30.2. The fourth-order valence-electron chi connectivity index (χ4n) is 12.2. The number of carboxylic acids is 1. The molecule has 0 aliphatic carbocycles. The molecule has 7 saturated heterocycles. The second-order valence-corrected chi connectivity index (χ2v) is 24.0. The monoisotopic (exact) mass is 1400 g/mol. The number of carbonyl (C=O) groups excluding carboxylic acids is 4. The van der Waals surface area contributed by atoms with Crippen molar-refractivity contribution in [2.24, 2.45) is 0 Å². The van der Waals surface area contributed by atoms with E-state index in [-0.39, 0.29) is 0 Å². The first-order chi connectivity index (χ1) is 45.2. The molecule has 0 unspecified atom stereocenters. The van der Waals surface area contributed by atoms with Crippen LogP contribution in [0.5, 0.6) is 0 Å². The molecule has 4 amide bonds. The number of carboxylic acid groups (broad SMARTS) is 1. The molecule has 7 heterocycles. The second-order valence-electron chi connectivity index (χ2n) is 24.0. The Hall–Kier alpha value is -3.97. The molecule has 43 heteroatoms. The number of ether oxygens (including phenoxy) is 13. The summed E-state index contributed by atoms with van der Waals surface area (Å²) in [6.07, 6.45) is -64.3. The van der Waals surface area contributed by atoms with E-state index in [0.29, 0.717) is 0 Å². The van der Waals surface area contributed by atoms with Gasteiger partial charge in [-0.25, -0.2) is 4.79 Å². The van der Waals surface area contributed by atoms with Crippen molar-refractivity contribution in [3.8, 4) is 0 Å². The van der Waals surface area contributed by atoms with Crippen LogP contribution in [0.15, 0.2) is 0 Å². The van der Waals surface area contributed by atoms with Crippen LogP contribution in [0.1, 0.15) is 34.1 Å². The van der Waals surface area contributed by atoms with Gasteiger partial charge in [0, 0.05) is 34.1 Å². The van der Waals surface area contributed by atoms with E-state index in [1.54, 1.807) is 0 Å². The number of aliphatic carboxylic acids is 1. The largest absolute Gasteiger partial charge is 0.477 e. The summed E-state index contributed by atoms with van der Waals surface area (Å²) in [5.74, 6) is -8.85. The zero-order valence-electron chi connectivity index (χ0n) is 51.6. The van der Waals surface area contributed by atoms with Crippen LogP contribution in [-0.2, 0) is 85.6 Å². The minimum absolute atomic E-state index is 0.811. The van der Waals surface area contributed by atoms with Gasteiger partial charge in [-0.3, -0.25) is 19.2 Å². The smallest absolute Gasteiger partial charge is 0.364 e. The Bertz CT molecular complexity index is 2540. The summed E-state index contributed by atoms with van der Waals surface area (Å²) < 4.78 is 75.1. The van der Waals surface area contributed by atoms with E-state index in [4.69, 9.17) is 61.6 Å². The first-order valence-electron chi connectivity index (χ1n) is 30.2. The molecule has 7 fully saturated rings. The van der Waals surface area contributed by atoms with Crippen LogP contribution < -0.4 is 21.3 Å². The quantitative estimate of drug-likeness (QED) is 0.0382. The highest BCUT2D eigenvalue weighted by atomic mass is 16.8. The molecule has 554 valence electrons. The standard InChI is InChI=1S/C53H88N4O39/c1-13(64)54-25-17(68)5-53(52(82)83,95-44(25)29(70)18(69)6-58)96-45-32(73)21(9-61)88-51(39(45)80)94-43-28(57-16(4)67)48(86-20(8-60)31(43)72)91-41-23(11-63)90-50(38(79)36(41)77)93-42-27(56-15(3)66)46(81)85-24(33(42)74)12-84-47-26(55-14(2)65)34(75)40(22(10-62)89-47)92-49-37(78)35(76)30(71)19(7-59)87-49/h17-51,58-63,68-81H,5-12H2,1-4H3,(H,54,64)(H,55,65)(H,56,66)(H,57,67)(H,82,83)/t17-,18+,19+,20+,21+,22+,23+,24+,25+,26+,27+,28+,29+,30-,31+,32-,33-,34+,35-,36+,37+,38+,39+,40+,41-,42+,43+,44+,45-,46-,47+,48-,49-,50-,51-,53-/m0/s1. The van der Waals surface area contributed by atoms with Crippen LogP contribution in [0.25, 0.3) is 0 Å². The van der Waals surface area contributed by atoms with Crippen LogP contribution >= 0.6 is 0 Å². The number of carbonyl (C=O) groups is 5. The molecule has 25 N–H and O–H groups in total. The molecule has 0 radical (unpaired) electrons. The van der Waals surface area contributed by atoms with Gasteiger partial charge < -0.3 is 190 Å². The predicted octanol–water partition coefficient (Wildman–Crippen LogP) is -16.5. The molecule has 0 aromatic rings. The Morgan fingerprint density at radius 3 is 1.35 bits per heavy atom. The summed E-state index contributed by atoms with van der Waals surface area (Å²) in [6.45, 7) is -3.47. The SMILES string of the molecule is CC(=O)N[C@@H]1[C@@H](O[C@@H]2O[C@H](CO)[C@H](O[C@@H]3O[C@H](CO)[C@@H](O)[C@H](O[C@@H]4O[C@H](CO)[C@H](O)[C@H](O[C@]5(C(=O)O)C[C@H](O)[C@@H](NC(C)=O)[C@H]([C@H](O)[C@H](O)CO)O5)[C@H]4O)[C@H]3NC(C)=O)[C@H](O)[C@H]2O)[C@@H](O)[C@@H](CO[C@@H]2O[C@H](CO)[C@@H](O[C@@H]3O[C@H](CO)[C@H](O)[C@H](O)[C@H]3O)[C@H](O)[C@H]2NC(C)=O)O[C@@H]1O. The molecule has 0 saturated carbocycles. The number of hydrogen-bond donors (Lipinski definition) is 25. The average molecular weight is 1410 g/mol. The topological polar surface area (TPSA) is 678 Å². The van der Waals surface area contributed by atoms with Crippen LogP contribution in [0.4, 0.5) is 0 Å². The third kappa shape index (κ3) is 17.5. The lowest BCUT2D eigenvalue weighted by Crippen LogP contribution is -2.71. The molecule has 36 atom stereocenters. The Balaban J connectivity index is 1.09. The highest BCUT2D eigenvalue weighted by Gasteiger charge is 2.62. The number of rotatable bonds is 26. The second kappa shape index (κ2) is 34.1. The summed E-state index contributed by atoms with van der Waals surface area (Å²) >= 11 is 0. The fraction of sp³-hybridized carbons (Fsp3) is 0.906. The Morgan fingerprint density at radius 2 is 0.833 bits per heavy atom. The molecule has 7 aliphatic rings. The highest BCUT2D eigenvalue weighted by Crippen LogP contribution is 2.40. The zero-order chi connectivity index (χ0) is 71.3. The van der Waals surface area contributed by atoms with E-state index >= 15 is 0 Å². The fourth-order valence-corrected chi connectivity index (χ4v) is 12.2. The minimum Gasteiger partial charge on any atom is -0.477 e. The van der Waals surface area contributed by atoms with Gasteiger partial charge in [0.1, 0.15) is 165 Å². The Kier molecular flexibility index (Phi) is 28.2. The van der Waals surface area contributed by atoms with Crippen molar-refractivity contribution in [1.82, 2.24) is 21.3 Å². The summed E-state index contributed by atoms with van der Waals surface area (Å²) in [4.78, 5) is 63.2. The third-order valence-corrected chi connectivity index (χ3v) is 17.1. The van der Waals surface area contributed by atoms with Gasteiger partial charge >= 0.3 is 5.97 Å². The minimum atomic E-state index is -3.25. The van der Waals surface area contributed by atoms with Crippen molar-refractivity contribution in [1.29, 1.82) is 0 Å². The number of hydrogen-bond acceptors (Lipinski definition) is 38. The molecule has 0 aromatic carbocycles. The van der Waals surface area contributed by atoms with Crippen molar-refractivity contribution in [2.75, 3.05) is 46.2 Å². The third-order valence-electron chi connectivity index (χ3n) is 17.1. The van der Waals surface area contributed by atoms with Gasteiger partial charge in [-0.2, -0.15) is 0 Å². The molecular weight excluding hydrogens is 1320 g/mol. The molecule has 7 rings (SSSR count). The number of aliphatic hydroxyl groups excluding tert-OH is 20. The molecule has 0 spiro atoms. The van der Waals surface area contributed by atoms with Crippen molar-refractivity contribution >= 4 is 29.6 Å². The van der Waals surface area contributed by atoms with Gasteiger partial charge in [0.2, 0.25) is 23.6 Å². The first kappa shape index (κ1) is 79.4. The Labute approximate surface area is 543 Å². The lowest BCUT2D eigenvalue weighted by molar-refractivity contribution is -0.387. The van der Waals surface area contributed by atoms with Gasteiger partial charge in [-0.1, -0.05) is 0 Å². The van der Waals surface area contributed by atoms with E-state index in [0.717, 1.165) is 27.7 Å². The van der Waals surface area contributed by atoms with Gasteiger partial charge in [0.15, 0.2) is 37.7 Å². The molecular formula is C53H88N4O39. The molecule has 0 aromatic heterocycles. The van der Waals surface area contributed by atoms with Gasteiger partial charge in [0.25, 0.3) is 5.79 Å². The van der Waals surface area contributed by atoms with Crippen LogP contribution in [0, 0.1) is 0 Å². The maximum absolute atomic E-state index is 13.1. The summed E-state index contributed by atoms with van der Waals surface area (Å²) in [6, 6.07) is -7.08. The van der Waals surface area contributed by atoms with Crippen LogP contribution in [0.2, 0.25) is 0 Å². The van der Waals surface area contributed by atoms with E-state index in [1.807, 2.05) is 0 Å². The zero-order valence-corrected chi connectivity index (χ0v) is 51.6. The maximum Gasteiger partial charge on any atom is 0.364 e. The molecule has 96 heavy (non-hydrogen) atoms. The van der Waals surface area contributed by atoms with Gasteiger partial charge in [-0.05, 0) is 0 Å². The van der Waals surface area contributed by atoms with Crippen molar-refractivity contribution < 1.29 is 193 Å². The highest BCUT2D eigenvalue weighted by molar-refractivity contribution is 5.77. The molecule has 7 aliphatic heterocycles. The van der Waals surface area contributed by atoms with E-state index in [9.17, 15) is 131 Å². The molecule has 0 bridgehead atoms. The summed E-state index contributed by atoms with van der Waals surface area (Å²) in [5.41, 5.74) is 0. The van der Waals surface area contributed by atoms with Crippen LogP contribution in [0.3, 0.4) is 0 Å². The molecule has 43 nitrogen and oxygen atoms in total. The summed E-state index contributed by atoms with van der Waals surface area (Å²) in [5, 5.41) is 238. The number of nitrogens with one attached hydrogen (secondary N) is 4. The lowest BCUT2D eigenvalue weighted by Gasteiger charge is -2.51. The van der Waals surface area contributed by atoms with Gasteiger partial charge in [-0.15, -0.1) is 0 Å². The summed E-state index contributed by atoms with van der Waals surface area (Å²) in [7, 11) is 0. The number of aliphatic hydroxyl groups is 20. The Morgan fingerprint density at radius 1 is 0.427 bits per heavy atom.